The third-order valence-electron chi connectivity index (χ3n) is 6.09. The van der Waals surface area contributed by atoms with Gasteiger partial charge >= 0.3 is 0 Å². The minimum Gasteiger partial charge on any atom is -0.339 e. The van der Waals surface area contributed by atoms with Gasteiger partial charge in [-0.15, -0.1) is 0 Å². The van der Waals surface area contributed by atoms with Crippen LogP contribution in [0.3, 0.4) is 0 Å². The number of nitrogens with one attached hydrogen (secondary N) is 2. The number of benzene rings is 1. The number of rotatable bonds is 4. The number of carbonyl (C=O) groups is 2. The van der Waals surface area contributed by atoms with Gasteiger partial charge in [0.05, 0.1) is 24.0 Å². The van der Waals surface area contributed by atoms with Crippen molar-refractivity contribution in [2.24, 2.45) is 0 Å². The van der Waals surface area contributed by atoms with E-state index >= 15 is 0 Å². The summed E-state index contributed by atoms with van der Waals surface area (Å²) in [6.45, 7) is -0.137. The topological polar surface area (TPSA) is 123 Å². The molecule has 9 nitrogen and oxygen atoms in total. The van der Waals surface area contributed by atoms with Gasteiger partial charge in [-0.05, 0) is 24.5 Å². The summed E-state index contributed by atoms with van der Waals surface area (Å²) < 4.78 is 80.3. The maximum atomic E-state index is 14.8. The molecule has 1 atom stereocenters. The van der Waals surface area contributed by atoms with Gasteiger partial charge in [0.2, 0.25) is 5.91 Å². The summed E-state index contributed by atoms with van der Waals surface area (Å²) in [6.07, 6.45) is 1.92. The van der Waals surface area contributed by atoms with E-state index in [0.717, 1.165) is 10.9 Å². The number of aryl methyl sites for hydroxylation is 1. The predicted molar refractivity (Wildman–Crippen MR) is 118 cm³/mol. The SMILES string of the molecule is CS(=O)(=O)CC(=O)Nc1c(-c2cc(F)c(F)cn2)nn2c1C(=O)N[C@@]1(CCc3cc(F)cc(F)c31)C2. The number of carbonyl (C=O) groups excluding carboxylic acids is 2. The highest BCUT2D eigenvalue weighted by Gasteiger charge is 2.48. The fraction of sp³-hybridized carbons (Fsp3) is 0.273. The van der Waals surface area contributed by atoms with Crippen molar-refractivity contribution in [3.8, 4) is 11.4 Å². The van der Waals surface area contributed by atoms with Crippen molar-refractivity contribution in [3.63, 3.8) is 0 Å². The Balaban J connectivity index is 1.64. The van der Waals surface area contributed by atoms with E-state index < -0.39 is 56.2 Å². The molecule has 1 aliphatic carbocycles. The molecule has 14 heteroatoms. The lowest BCUT2D eigenvalue weighted by molar-refractivity contribution is -0.113. The van der Waals surface area contributed by atoms with E-state index in [1.54, 1.807) is 0 Å². The average molecular weight is 523 g/mol. The maximum Gasteiger partial charge on any atom is 0.272 e. The van der Waals surface area contributed by atoms with E-state index in [0.29, 0.717) is 23.9 Å². The number of nitrogens with zero attached hydrogens (tertiary/aromatic N) is 3. The second kappa shape index (κ2) is 8.11. The molecule has 0 radical (unpaired) electrons. The van der Waals surface area contributed by atoms with Gasteiger partial charge in [-0.25, -0.2) is 26.0 Å². The number of halogens is 4. The van der Waals surface area contributed by atoms with Crippen LogP contribution in [0.1, 0.15) is 28.0 Å². The Morgan fingerprint density at radius 2 is 1.92 bits per heavy atom. The molecule has 2 aliphatic rings. The molecule has 5 rings (SSSR count). The summed E-state index contributed by atoms with van der Waals surface area (Å²) in [7, 11) is -3.75. The first kappa shape index (κ1) is 23.9. The first-order chi connectivity index (χ1) is 16.9. The van der Waals surface area contributed by atoms with Gasteiger partial charge in [-0.1, -0.05) is 0 Å². The highest BCUT2D eigenvalue weighted by molar-refractivity contribution is 7.91. The Bertz CT molecular complexity index is 1570. The molecule has 1 aromatic carbocycles. The number of aromatic nitrogens is 3. The van der Waals surface area contributed by atoms with Gasteiger partial charge in [-0.2, -0.15) is 5.10 Å². The lowest BCUT2D eigenvalue weighted by Crippen LogP contribution is -2.53. The Morgan fingerprint density at radius 1 is 1.17 bits per heavy atom. The molecular formula is C22H17F4N5O4S. The molecule has 36 heavy (non-hydrogen) atoms. The van der Waals surface area contributed by atoms with Crippen LogP contribution < -0.4 is 10.6 Å². The van der Waals surface area contributed by atoms with Crippen molar-refractivity contribution in [3.05, 3.63) is 64.5 Å². The summed E-state index contributed by atoms with van der Waals surface area (Å²) >= 11 is 0. The molecule has 1 aliphatic heterocycles. The lowest BCUT2D eigenvalue weighted by atomic mass is 9.89. The van der Waals surface area contributed by atoms with Crippen molar-refractivity contribution < 1.29 is 35.6 Å². The molecule has 0 unspecified atom stereocenters. The smallest absolute Gasteiger partial charge is 0.272 e. The molecule has 2 aromatic heterocycles. The molecule has 0 bridgehead atoms. The molecule has 188 valence electrons. The number of hydrogen-bond acceptors (Lipinski definition) is 6. The molecule has 0 saturated carbocycles. The van der Waals surface area contributed by atoms with E-state index in [-0.39, 0.29) is 47.7 Å². The summed E-state index contributed by atoms with van der Waals surface area (Å²) in [5.41, 5.74) is -1.76. The zero-order valence-corrected chi connectivity index (χ0v) is 19.3. The Morgan fingerprint density at radius 3 is 2.61 bits per heavy atom. The van der Waals surface area contributed by atoms with Crippen molar-refractivity contribution in [1.82, 2.24) is 20.1 Å². The van der Waals surface area contributed by atoms with Crippen LogP contribution in [0.2, 0.25) is 0 Å². The van der Waals surface area contributed by atoms with Crippen LogP contribution >= 0.6 is 0 Å². The molecule has 1 spiro atoms. The fourth-order valence-electron chi connectivity index (χ4n) is 4.75. The van der Waals surface area contributed by atoms with Gasteiger partial charge in [0.1, 0.15) is 28.8 Å². The third-order valence-corrected chi connectivity index (χ3v) is 6.87. The Labute approximate surface area is 201 Å². The standard InChI is InChI=1S/C22H17F4N5O4S/c1-36(34,35)8-16(32)28-19-18(15-6-12(24)14(26)7-27-15)30-31-9-22(29-21(33)20(19)31)3-2-10-4-11(23)5-13(25)17(10)22/h4-7H,2-3,8-9H2,1H3,(H,28,32)(H,29,33)/t22-/m0/s1. The van der Waals surface area contributed by atoms with Crippen LogP contribution in [0.25, 0.3) is 11.4 Å². The average Bonchev–Trinajstić information content (AvgIpc) is 3.27. The van der Waals surface area contributed by atoms with Crippen LogP contribution in [0.5, 0.6) is 0 Å². The van der Waals surface area contributed by atoms with Crippen molar-refractivity contribution >= 4 is 27.3 Å². The quantitative estimate of drug-likeness (QED) is 0.505. The summed E-state index contributed by atoms with van der Waals surface area (Å²) in [6, 6.07) is 2.60. The van der Waals surface area contributed by atoms with Crippen LogP contribution in [-0.4, -0.2) is 47.0 Å². The maximum absolute atomic E-state index is 14.8. The molecular weight excluding hydrogens is 506 g/mol. The fourth-order valence-corrected chi connectivity index (χ4v) is 5.30. The van der Waals surface area contributed by atoms with Gasteiger partial charge in [0.15, 0.2) is 27.2 Å². The van der Waals surface area contributed by atoms with E-state index in [1.165, 1.54) is 6.07 Å². The highest BCUT2D eigenvalue weighted by atomic mass is 32.2. The molecule has 3 heterocycles. The van der Waals surface area contributed by atoms with Gasteiger partial charge in [0.25, 0.3) is 5.91 Å². The minimum absolute atomic E-state index is 0.105. The molecule has 2 amide bonds. The Hall–Kier alpha value is -3.81. The molecule has 0 saturated heterocycles. The zero-order valence-electron chi connectivity index (χ0n) is 18.5. The number of fused-ring (bicyclic) bond motifs is 3. The lowest BCUT2D eigenvalue weighted by Gasteiger charge is -2.36. The number of hydrogen-bond donors (Lipinski definition) is 2. The summed E-state index contributed by atoms with van der Waals surface area (Å²) in [5.74, 6) is -6.83. The second-order valence-electron chi connectivity index (χ2n) is 8.79. The van der Waals surface area contributed by atoms with Gasteiger partial charge < -0.3 is 10.6 Å². The molecule has 3 aromatic rings. The number of amides is 2. The highest BCUT2D eigenvalue weighted by Crippen LogP contribution is 2.44. The van der Waals surface area contributed by atoms with Crippen molar-refractivity contribution in [1.29, 1.82) is 0 Å². The van der Waals surface area contributed by atoms with E-state index in [2.05, 4.69) is 20.7 Å². The van der Waals surface area contributed by atoms with E-state index in [9.17, 15) is 35.6 Å². The first-order valence-electron chi connectivity index (χ1n) is 10.6. The number of anilines is 1. The number of pyridine rings is 1. The third kappa shape index (κ3) is 4.00. The van der Waals surface area contributed by atoms with Crippen molar-refractivity contribution in [2.45, 2.75) is 24.9 Å². The van der Waals surface area contributed by atoms with Crippen LogP contribution in [0.15, 0.2) is 24.4 Å². The largest absolute Gasteiger partial charge is 0.339 e. The zero-order chi connectivity index (χ0) is 26.0. The van der Waals surface area contributed by atoms with Crippen LogP contribution in [-0.2, 0) is 33.1 Å². The second-order valence-corrected chi connectivity index (χ2v) is 10.9. The number of sulfone groups is 1. The van der Waals surface area contributed by atoms with E-state index in [4.69, 9.17) is 0 Å². The van der Waals surface area contributed by atoms with Crippen LogP contribution in [0, 0.1) is 23.3 Å². The van der Waals surface area contributed by atoms with Crippen molar-refractivity contribution in [2.75, 3.05) is 17.3 Å². The van der Waals surface area contributed by atoms with Gasteiger partial charge in [-0.3, -0.25) is 19.3 Å². The Kier molecular flexibility index (Phi) is 5.39. The van der Waals surface area contributed by atoms with Gasteiger partial charge in [0, 0.05) is 24.0 Å². The molecule has 2 N–H and O–H groups in total. The molecule has 0 fully saturated rings. The normalized spacial score (nSPS) is 18.6. The summed E-state index contributed by atoms with van der Waals surface area (Å²) in [5, 5.41) is 9.31. The summed E-state index contributed by atoms with van der Waals surface area (Å²) in [4.78, 5) is 29.5. The predicted octanol–water partition coefficient (Wildman–Crippen LogP) is 2.07. The first-order valence-corrected chi connectivity index (χ1v) is 12.6. The minimum atomic E-state index is -3.75. The van der Waals surface area contributed by atoms with Crippen LogP contribution in [0.4, 0.5) is 23.2 Å². The van der Waals surface area contributed by atoms with E-state index in [1.807, 2.05) is 0 Å². The monoisotopic (exact) mass is 523 g/mol.